The summed E-state index contributed by atoms with van der Waals surface area (Å²) in [6, 6.07) is 0. The monoisotopic (exact) mass is 211 g/mol. The summed E-state index contributed by atoms with van der Waals surface area (Å²) in [4.78, 5) is 6.57. The van der Waals surface area contributed by atoms with Gasteiger partial charge in [-0.1, -0.05) is 19.0 Å². The maximum absolute atomic E-state index is 5.22. The second-order valence-electron chi connectivity index (χ2n) is 3.95. The van der Waals surface area contributed by atoms with Crippen LogP contribution in [0.5, 0.6) is 0 Å². The minimum Gasteiger partial charge on any atom is -0.337 e. The average Bonchev–Trinajstić information content (AvgIpc) is 2.79. The van der Waals surface area contributed by atoms with E-state index in [4.69, 9.17) is 4.52 Å². The van der Waals surface area contributed by atoms with Crippen LogP contribution in [0, 0.1) is 6.92 Å². The van der Waals surface area contributed by atoms with E-state index in [1.807, 2.05) is 20.8 Å². The Morgan fingerprint density at radius 1 is 1.40 bits per heavy atom. The number of aryl methyl sites for hydroxylation is 1. The first kappa shape index (κ1) is 12.2. The standard InChI is InChI=1S/C9H15N3O.C2H6/c1-7-10-8(13-11-7)9(2)5-4-6-12(9)3;1-2/h4-6H2,1-3H3;1-2H3. The molecule has 1 aliphatic heterocycles. The highest BCUT2D eigenvalue weighted by Gasteiger charge is 2.40. The SMILES string of the molecule is CC.Cc1noc(C2(C)CCCN2C)n1. The molecule has 0 amide bonds. The van der Waals surface area contributed by atoms with Gasteiger partial charge in [0.25, 0.3) is 0 Å². The second kappa shape index (κ2) is 4.75. The molecule has 0 bridgehead atoms. The van der Waals surface area contributed by atoms with Crippen LogP contribution < -0.4 is 0 Å². The van der Waals surface area contributed by atoms with Crippen LogP contribution in [-0.2, 0) is 5.54 Å². The molecular weight excluding hydrogens is 190 g/mol. The summed E-state index contributed by atoms with van der Waals surface area (Å²) in [6.45, 7) is 9.12. The van der Waals surface area contributed by atoms with Gasteiger partial charge in [0, 0.05) is 0 Å². The van der Waals surface area contributed by atoms with Gasteiger partial charge in [-0.25, -0.2) is 0 Å². The van der Waals surface area contributed by atoms with Crippen LogP contribution >= 0.6 is 0 Å². The van der Waals surface area contributed by atoms with E-state index in [1.165, 1.54) is 6.42 Å². The first-order valence-corrected chi connectivity index (χ1v) is 5.65. The molecule has 0 radical (unpaired) electrons. The highest BCUT2D eigenvalue weighted by molar-refractivity contribution is 5.04. The largest absolute Gasteiger partial charge is 0.337 e. The number of aromatic nitrogens is 2. The van der Waals surface area contributed by atoms with Gasteiger partial charge >= 0.3 is 0 Å². The van der Waals surface area contributed by atoms with Crippen LogP contribution in [0.25, 0.3) is 0 Å². The predicted octanol–water partition coefficient (Wildman–Crippen LogP) is 2.35. The van der Waals surface area contributed by atoms with Crippen molar-refractivity contribution in [1.29, 1.82) is 0 Å². The first-order valence-electron chi connectivity index (χ1n) is 5.65. The van der Waals surface area contributed by atoms with Gasteiger partial charge in [0.2, 0.25) is 5.89 Å². The van der Waals surface area contributed by atoms with Gasteiger partial charge < -0.3 is 4.52 Å². The fraction of sp³-hybridized carbons (Fsp3) is 0.818. The second-order valence-corrected chi connectivity index (χ2v) is 3.95. The van der Waals surface area contributed by atoms with E-state index in [0.717, 1.165) is 24.7 Å². The molecule has 0 aromatic carbocycles. The lowest BCUT2D eigenvalue weighted by atomic mass is 9.99. The molecule has 1 aromatic heterocycles. The molecule has 1 aliphatic rings. The lowest BCUT2D eigenvalue weighted by molar-refractivity contribution is 0.143. The van der Waals surface area contributed by atoms with Gasteiger partial charge in [0.05, 0.1) is 5.54 Å². The van der Waals surface area contributed by atoms with E-state index < -0.39 is 0 Å². The summed E-state index contributed by atoms with van der Waals surface area (Å²) in [5, 5.41) is 3.83. The molecule has 4 nitrogen and oxygen atoms in total. The minimum absolute atomic E-state index is 0.0404. The van der Waals surface area contributed by atoms with Crippen LogP contribution in [0.2, 0.25) is 0 Å². The molecule has 1 unspecified atom stereocenters. The van der Waals surface area contributed by atoms with Gasteiger partial charge in [-0.2, -0.15) is 4.98 Å². The summed E-state index contributed by atoms with van der Waals surface area (Å²) in [5.41, 5.74) is -0.0404. The molecule has 0 N–H and O–H groups in total. The Morgan fingerprint density at radius 2 is 2.07 bits per heavy atom. The molecule has 2 heterocycles. The zero-order valence-corrected chi connectivity index (χ0v) is 10.4. The quantitative estimate of drug-likeness (QED) is 0.715. The number of rotatable bonds is 1. The Hall–Kier alpha value is -0.900. The van der Waals surface area contributed by atoms with Crippen LogP contribution in [0.3, 0.4) is 0 Å². The van der Waals surface area contributed by atoms with E-state index in [9.17, 15) is 0 Å². The molecule has 1 saturated heterocycles. The van der Waals surface area contributed by atoms with E-state index in [1.54, 1.807) is 0 Å². The Labute approximate surface area is 91.7 Å². The van der Waals surface area contributed by atoms with E-state index in [0.29, 0.717) is 0 Å². The van der Waals surface area contributed by atoms with Crippen molar-refractivity contribution in [2.45, 2.75) is 46.1 Å². The molecule has 15 heavy (non-hydrogen) atoms. The van der Waals surface area contributed by atoms with Crippen LogP contribution in [0.4, 0.5) is 0 Å². The maximum Gasteiger partial charge on any atom is 0.246 e. The van der Waals surface area contributed by atoms with Gasteiger partial charge in [-0.15, -0.1) is 0 Å². The number of nitrogens with zero attached hydrogens (tertiary/aromatic N) is 3. The molecule has 0 spiro atoms. The van der Waals surface area contributed by atoms with Crippen molar-refractivity contribution in [2.24, 2.45) is 0 Å². The first-order chi connectivity index (χ1) is 7.13. The fourth-order valence-corrected chi connectivity index (χ4v) is 1.88. The smallest absolute Gasteiger partial charge is 0.246 e. The third-order valence-corrected chi connectivity index (χ3v) is 2.99. The third-order valence-electron chi connectivity index (χ3n) is 2.99. The summed E-state index contributed by atoms with van der Waals surface area (Å²) in [6.07, 6.45) is 2.31. The minimum atomic E-state index is -0.0404. The van der Waals surface area contributed by atoms with Gasteiger partial charge in [0.1, 0.15) is 0 Å². The van der Waals surface area contributed by atoms with Gasteiger partial charge in [0.15, 0.2) is 5.82 Å². The molecular formula is C11H21N3O. The van der Waals surface area contributed by atoms with E-state index in [2.05, 4.69) is 29.0 Å². The molecule has 1 fully saturated rings. The molecule has 4 heteroatoms. The molecule has 0 saturated carbocycles. The Bertz CT molecular complexity index is 311. The van der Waals surface area contributed by atoms with Crippen LogP contribution in [0.1, 0.15) is 45.3 Å². The van der Waals surface area contributed by atoms with E-state index >= 15 is 0 Å². The zero-order valence-electron chi connectivity index (χ0n) is 10.4. The average molecular weight is 211 g/mol. The Balaban J connectivity index is 0.000000531. The van der Waals surface area contributed by atoms with Crippen molar-refractivity contribution >= 4 is 0 Å². The lowest BCUT2D eigenvalue weighted by Gasteiger charge is -2.27. The predicted molar refractivity (Wildman–Crippen MR) is 59.6 cm³/mol. The molecule has 2 rings (SSSR count). The third kappa shape index (κ3) is 2.20. The lowest BCUT2D eigenvalue weighted by Crippen LogP contribution is -2.35. The molecule has 0 aliphatic carbocycles. The van der Waals surface area contributed by atoms with Crippen molar-refractivity contribution < 1.29 is 4.52 Å². The van der Waals surface area contributed by atoms with Crippen molar-refractivity contribution in [3.05, 3.63) is 11.7 Å². The summed E-state index contributed by atoms with van der Waals surface area (Å²) >= 11 is 0. The fourth-order valence-electron chi connectivity index (χ4n) is 1.88. The Morgan fingerprint density at radius 3 is 2.47 bits per heavy atom. The topological polar surface area (TPSA) is 42.2 Å². The molecule has 1 aromatic rings. The normalized spacial score (nSPS) is 26.2. The van der Waals surface area contributed by atoms with Crippen molar-refractivity contribution in [2.75, 3.05) is 13.6 Å². The molecule has 1 atom stereocenters. The summed E-state index contributed by atoms with van der Waals surface area (Å²) in [5.74, 6) is 1.47. The summed E-state index contributed by atoms with van der Waals surface area (Å²) in [7, 11) is 2.10. The number of likely N-dealkylation sites (tertiary alicyclic amines) is 1. The van der Waals surface area contributed by atoms with Gasteiger partial charge in [-0.05, 0) is 40.3 Å². The van der Waals surface area contributed by atoms with Crippen LogP contribution in [-0.4, -0.2) is 28.6 Å². The van der Waals surface area contributed by atoms with E-state index in [-0.39, 0.29) is 5.54 Å². The molecule has 86 valence electrons. The van der Waals surface area contributed by atoms with Gasteiger partial charge in [-0.3, -0.25) is 4.90 Å². The van der Waals surface area contributed by atoms with Crippen LogP contribution in [0.15, 0.2) is 4.52 Å². The highest BCUT2D eigenvalue weighted by atomic mass is 16.5. The highest BCUT2D eigenvalue weighted by Crippen LogP contribution is 2.35. The number of hydrogen-bond acceptors (Lipinski definition) is 4. The maximum atomic E-state index is 5.22. The Kier molecular flexibility index (Phi) is 3.85. The number of hydrogen-bond donors (Lipinski definition) is 0. The van der Waals surface area contributed by atoms with Crippen molar-refractivity contribution in [1.82, 2.24) is 15.0 Å². The summed E-state index contributed by atoms with van der Waals surface area (Å²) < 4.78 is 5.22. The zero-order chi connectivity index (χ0) is 11.5. The van der Waals surface area contributed by atoms with Crippen molar-refractivity contribution in [3.63, 3.8) is 0 Å². The van der Waals surface area contributed by atoms with Crippen molar-refractivity contribution in [3.8, 4) is 0 Å².